The van der Waals surface area contributed by atoms with Crippen molar-refractivity contribution in [1.82, 2.24) is 4.90 Å². The second-order valence-electron chi connectivity index (χ2n) is 7.56. The van der Waals surface area contributed by atoms with E-state index in [4.69, 9.17) is 14.2 Å². The molecule has 6 nitrogen and oxygen atoms in total. The van der Waals surface area contributed by atoms with Crippen molar-refractivity contribution in [1.29, 1.82) is 0 Å². The first-order chi connectivity index (χ1) is 16.5. The molecule has 34 heavy (non-hydrogen) atoms. The molecule has 1 aliphatic rings. The van der Waals surface area contributed by atoms with Gasteiger partial charge < -0.3 is 14.2 Å². The molecule has 1 saturated heterocycles. The number of carbonyl (C=O) groups excluding carboxylic acids is 2. The van der Waals surface area contributed by atoms with Gasteiger partial charge in [0, 0.05) is 7.11 Å². The summed E-state index contributed by atoms with van der Waals surface area (Å²) in [5.41, 5.74) is 1.77. The summed E-state index contributed by atoms with van der Waals surface area (Å²) in [7, 11) is 1.53. The minimum Gasteiger partial charge on any atom is -0.490 e. The molecule has 2 amide bonds. The van der Waals surface area contributed by atoms with Gasteiger partial charge in [-0.05, 0) is 80.8 Å². The molecule has 8 heteroatoms. The fourth-order valence-corrected chi connectivity index (χ4v) is 5.02. The van der Waals surface area contributed by atoms with Crippen LogP contribution in [0.3, 0.4) is 0 Å². The van der Waals surface area contributed by atoms with Crippen molar-refractivity contribution in [3.63, 3.8) is 0 Å². The van der Waals surface area contributed by atoms with Crippen molar-refractivity contribution < 1.29 is 23.8 Å². The molecule has 0 aromatic heterocycles. The Labute approximate surface area is 211 Å². The Kier molecular flexibility index (Phi) is 7.92. The number of rotatable bonds is 9. The van der Waals surface area contributed by atoms with E-state index in [1.807, 2.05) is 37.3 Å². The lowest BCUT2D eigenvalue weighted by Gasteiger charge is -2.15. The number of imide groups is 1. The van der Waals surface area contributed by atoms with Crippen LogP contribution in [0.2, 0.25) is 0 Å². The van der Waals surface area contributed by atoms with Crippen LogP contribution in [0, 0.1) is 0 Å². The van der Waals surface area contributed by atoms with Crippen molar-refractivity contribution in [3.05, 3.63) is 75.1 Å². The lowest BCUT2D eigenvalue weighted by Crippen LogP contribution is -2.31. The van der Waals surface area contributed by atoms with Crippen molar-refractivity contribution >= 4 is 55.7 Å². The molecule has 0 aliphatic carbocycles. The molecule has 176 valence electrons. The number of hydrogen-bond acceptors (Lipinski definition) is 6. The standard InChI is InChI=1S/C26H24BrNO5S/c1-3-32-22-14-18(15-23-25(29)28(10-11-31-2)26(30)34-23)13-21(27)24(22)33-16-17-8-9-19-6-4-5-7-20(19)12-17/h4-9,12-15H,3,10-11,16H2,1-2H3/b23-15+. The Morgan fingerprint density at radius 2 is 1.82 bits per heavy atom. The van der Waals surface area contributed by atoms with Gasteiger partial charge in [0.15, 0.2) is 11.5 Å². The van der Waals surface area contributed by atoms with E-state index in [2.05, 4.69) is 40.2 Å². The quantitative estimate of drug-likeness (QED) is 0.298. The number of fused-ring (bicyclic) bond motifs is 1. The van der Waals surface area contributed by atoms with E-state index < -0.39 is 0 Å². The van der Waals surface area contributed by atoms with Crippen LogP contribution in [-0.4, -0.2) is 42.9 Å². The average Bonchev–Trinajstić information content (AvgIpc) is 3.09. The number of ether oxygens (including phenoxy) is 3. The van der Waals surface area contributed by atoms with Gasteiger partial charge in [0.25, 0.3) is 11.1 Å². The molecule has 3 aromatic rings. The summed E-state index contributed by atoms with van der Waals surface area (Å²) in [6.07, 6.45) is 1.69. The maximum absolute atomic E-state index is 12.6. The number of carbonyl (C=O) groups is 2. The van der Waals surface area contributed by atoms with Gasteiger partial charge in [-0.25, -0.2) is 0 Å². The van der Waals surface area contributed by atoms with E-state index in [0.717, 1.165) is 28.3 Å². The molecule has 0 radical (unpaired) electrons. The maximum atomic E-state index is 12.6. The largest absolute Gasteiger partial charge is 0.490 e. The summed E-state index contributed by atoms with van der Waals surface area (Å²) >= 11 is 4.50. The second kappa shape index (κ2) is 11.1. The monoisotopic (exact) mass is 541 g/mol. The molecule has 0 atom stereocenters. The molecular weight excluding hydrogens is 518 g/mol. The number of amides is 2. The molecule has 0 unspecified atom stereocenters. The number of thioether (sulfide) groups is 1. The van der Waals surface area contributed by atoms with Gasteiger partial charge in [-0.1, -0.05) is 36.4 Å². The van der Waals surface area contributed by atoms with Crippen LogP contribution in [0.5, 0.6) is 11.5 Å². The van der Waals surface area contributed by atoms with Crippen molar-refractivity contribution in [3.8, 4) is 11.5 Å². The molecule has 0 saturated carbocycles. The van der Waals surface area contributed by atoms with Crippen LogP contribution in [-0.2, 0) is 16.1 Å². The van der Waals surface area contributed by atoms with Gasteiger partial charge in [0.05, 0.1) is 29.1 Å². The minimum atomic E-state index is -0.322. The lowest BCUT2D eigenvalue weighted by molar-refractivity contribution is -0.123. The van der Waals surface area contributed by atoms with Gasteiger partial charge in [-0.3, -0.25) is 14.5 Å². The normalized spacial score (nSPS) is 14.9. The van der Waals surface area contributed by atoms with E-state index in [-0.39, 0.29) is 17.7 Å². The molecule has 0 N–H and O–H groups in total. The Hall–Kier alpha value is -2.81. The number of hydrogen-bond donors (Lipinski definition) is 0. The van der Waals surface area contributed by atoms with Crippen molar-refractivity contribution in [2.24, 2.45) is 0 Å². The highest BCUT2D eigenvalue weighted by Crippen LogP contribution is 2.39. The number of methoxy groups -OCH3 is 1. The lowest BCUT2D eigenvalue weighted by atomic mass is 10.1. The third kappa shape index (κ3) is 5.46. The molecule has 0 bridgehead atoms. The predicted octanol–water partition coefficient (Wildman–Crippen LogP) is 6.26. The van der Waals surface area contributed by atoms with E-state index in [9.17, 15) is 9.59 Å². The highest BCUT2D eigenvalue weighted by atomic mass is 79.9. The smallest absolute Gasteiger partial charge is 0.293 e. The van der Waals surface area contributed by atoms with Crippen LogP contribution >= 0.6 is 27.7 Å². The van der Waals surface area contributed by atoms with E-state index in [0.29, 0.717) is 40.7 Å². The van der Waals surface area contributed by atoms with E-state index in [1.54, 1.807) is 6.08 Å². The average molecular weight is 542 g/mol. The van der Waals surface area contributed by atoms with Crippen LogP contribution in [0.1, 0.15) is 18.1 Å². The maximum Gasteiger partial charge on any atom is 0.293 e. The topological polar surface area (TPSA) is 65.1 Å². The molecule has 4 rings (SSSR count). The Bertz CT molecular complexity index is 1260. The van der Waals surface area contributed by atoms with Crippen molar-refractivity contribution in [2.45, 2.75) is 13.5 Å². The fourth-order valence-electron chi connectivity index (χ4n) is 3.59. The van der Waals surface area contributed by atoms with Crippen molar-refractivity contribution in [2.75, 3.05) is 26.9 Å². The van der Waals surface area contributed by atoms with E-state index in [1.165, 1.54) is 17.4 Å². The summed E-state index contributed by atoms with van der Waals surface area (Å²) in [6, 6.07) is 18.1. The summed E-state index contributed by atoms with van der Waals surface area (Å²) in [4.78, 5) is 26.4. The highest BCUT2D eigenvalue weighted by Gasteiger charge is 2.34. The Morgan fingerprint density at radius 1 is 1.03 bits per heavy atom. The first-order valence-corrected chi connectivity index (χ1v) is 12.4. The minimum absolute atomic E-state index is 0.230. The zero-order chi connectivity index (χ0) is 24.1. The van der Waals surface area contributed by atoms with Crippen LogP contribution in [0.4, 0.5) is 4.79 Å². The predicted molar refractivity (Wildman–Crippen MR) is 138 cm³/mol. The molecular formula is C26H24BrNO5S. The number of halogens is 1. The van der Waals surface area contributed by atoms with Gasteiger partial charge in [-0.15, -0.1) is 0 Å². The fraction of sp³-hybridized carbons (Fsp3) is 0.231. The first kappa shape index (κ1) is 24.3. The summed E-state index contributed by atoms with van der Waals surface area (Å²) < 4.78 is 17.7. The van der Waals surface area contributed by atoms with E-state index >= 15 is 0 Å². The second-order valence-corrected chi connectivity index (χ2v) is 9.41. The summed E-state index contributed by atoms with van der Waals surface area (Å²) in [5.74, 6) is 0.820. The molecule has 3 aromatic carbocycles. The van der Waals surface area contributed by atoms with Gasteiger partial charge in [-0.2, -0.15) is 0 Å². The molecule has 1 fully saturated rings. The SMILES string of the molecule is CCOc1cc(/C=C2/SC(=O)N(CCOC)C2=O)cc(Br)c1OCc1ccc2ccccc2c1. The Morgan fingerprint density at radius 3 is 2.59 bits per heavy atom. The number of benzene rings is 3. The summed E-state index contributed by atoms with van der Waals surface area (Å²) in [5, 5.41) is 2.04. The molecule has 1 aliphatic heterocycles. The Balaban J connectivity index is 1.56. The van der Waals surface area contributed by atoms with Crippen LogP contribution < -0.4 is 9.47 Å². The highest BCUT2D eigenvalue weighted by molar-refractivity contribution is 9.10. The van der Waals surface area contributed by atoms with Gasteiger partial charge in [0.1, 0.15) is 6.61 Å². The number of nitrogens with zero attached hydrogens (tertiary/aromatic N) is 1. The zero-order valence-electron chi connectivity index (χ0n) is 18.9. The first-order valence-electron chi connectivity index (χ1n) is 10.8. The van der Waals surface area contributed by atoms with Crippen LogP contribution in [0.25, 0.3) is 16.8 Å². The van der Waals surface area contributed by atoms with Crippen LogP contribution in [0.15, 0.2) is 64.0 Å². The van der Waals surface area contributed by atoms with Gasteiger partial charge >= 0.3 is 0 Å². The zero-order valence-corrected chi connectivity index (χ0v) is 21.3. The third-order valence-corrected chi connectivity index (χ3v) is 6.72. The summed E-state index contributed by atoms with van der Waals surface area (Å²) in [6.45, 7) is 3.26. The molecule has 0 spiro atoms. The third-order valence-electron chi connectivity index (χ3n) is 5.22. The van der Waals surface area contributed by atoms with Gasteiger partial charge in [0.2, 0.25) is 0 Å². The molecule has 1 heterocycles.